The SMILES string of the molecule is Cc1cccc(Cl)c1/C=N\O. The van der Waals surface area contributed by atoms with Crippen LogP contribution >= 0.6 is 11.6 Å². The van der Waals surface area contributed by atoms with E-state index in [0.717, 1.165) is 11.1 Å². The molecule has 0 bridgehead atoms. The van der Waals surface area contributed by atoms with E-state index in [1.165, 1.54) is 6.21 Å². The maximum absolute atomic E-state index is 8.28. The van der Waals surface area contributed by atoms with Gasteiger partial charge in [-0.3, -0.25) is 0 Å². The zero-order chi connectivity index (χ0) is 8.27. The summed E-state index contributed by atoms with van der Waals surface area (Å²) in [6, 6.07) is 5.51. The van der Waals surface area contributed by atoms with Crippen molar-refractivity contribution in [2.45, 2.75) is 6.92 Å². The number of hydrogen-bond acceptors (Lipinski definition) is 2. The predicted octanol–water partition coefficient (Wildman–Crippen LogP) is 2.46. The van der Waals surface area contributed by atoms with Crippen LogP contribution in [0.15, 0.2) is 23.4 Å². The summed E-state index contributed by atoms with van der Waals surface area (Å²) in [6.45, 7) is 1.91. The summed E-state index contributed by atoms with van der Waals surface area (Å²) in [5.74, 6) is 0. The van der Waals surface area contributed by atoms with Crippen LogP contribution in [0, 0.1) is 6.92 Å². The highest BCUT2D eigenvalue weighted by atomic mass is 35.5. The van der Waals surface area contributed by atoms with Gasteiger partial charge < -0.3 is 5.21 Å². The second-order valence-electron chi connectivity index (χ2n) is 2.21. The predicted molar refractivity (Wildman–Crippen MR) is 45.6 cm³/mol. The summed E-state index contributed by atoms with van der Waals surface area (Å²) in [5, 5.41) is 11.8. The van der Waals surface area contributed by atoms with Crippen molar-refractivity contribution < 1.29 is 5.21 Å². The van der Waals surface area contributed by atoms with Gasteiger partial charge in [-0.15, -0.1) is 0 Å². The van der Waals surface area contributed by atoms with Crippen LogP contribution in [-0.2, 0) is 0 Å². The average Bonchev–Trinajstić information content (AvgIpc) is 1.97. The molecule has 0 saturated heterocycles. The Bertz CT molecular complexity index is 263. The second kappa shape index (κ2) is 3.39. The summed E-state index contributed by atoms with van der Waals surface area (Å²) in [4.78, 5) is 0. The lowest BCUT2D eigenvalue weighted by atomic mass is 10.1. The van der Waals surface area contributed by atoms with Gasteiger partial charge in [-0.25, -0.2) is 0 Å². The van der Waals surface area contributed by atoms with Crippen molar-refractivity contribution in [1.82, 2.24) is 0 Å². The van der Waals surface area contributed by atoms with Crippen LogP contribution in [0.5, 0.6) is 0 Å². The molecule has 0 aliphatic heterocycles. The van der Waals surface area contributed by atoms with Crippen molar-refractivity contribution in [2.24, 2.45) is 5.16 Å². The highest BCUT2D eigenvalue weighted by Crippen LogP contribution is 2.16. The van der Waals surface area contributed by atoms with Crippen LogP contribution in [0.4, 0.5) is 0 Å². The van der Waals surface area contributed by atoms with Gasteiger partial charge in [0.05, 0.1) is 6.21 Å². The van der Waals surface area contributed by atoms with Gasteiger partial charge in [0.25, 0.3) is 0 Å². The van der Waals surface area contributed by atoms with Gasteiger partial charge in [0.15, 0.2) is 0 Å². The van der Waals surface area contributed by atoms with E-state index >= 15 is 0 Å². The first kappa shape index (κ1) is 8.08. The summed E-state index contributed by atoms with van der Waals surface area (Å²) in [7, 11) is 0. The van der Waals surface area contributed by atoms with Crippen molar-refractivity contribution in [2.75, 3.05) is 0 Å². The normalized spacial score (nSPS) is 10.7. The molecule has 1 aromatic rings. The molecule has 1 N–H and O–H groups in total. The van der Waals surface area contributed by atoms with Gasteiger partial charge in [0.1, 0.15) is 0 Å². The molecule has 0 radical (unpaired) electrons. The minimum absolute atomic E-state index is 0.600. The number of rotatable bonds is 1. The van der Waals surface area contributed by atoms with Crippen molar-refractivity contribution in [1.29, 1.82) is 0 Å². The quantitative estimate of drug-likeness (QED) is 0.391. The third kappa shape index (κ3) is 1.71. The zero-order valence-electron chi connectivity index (χ0n) is 6.08. The number of oxime groups is 1. The van der Waals surface area contributed by atoms with Crippen LogP contribution in [0.3, 0.4) is 0 Å². The first-order chi connectivity index (χ1) is 5.25. The first-order valence-corrected chi connectivity index (χ1v) is 3.56. The van der Waals surface area contributed by atoms with E-state index < -0.39 is 0 Å². The molecule has 0 amide bonds. The van der Waals surface area contributed by atoms with Crippen molar-refractivity contribution in [3.8, 4) is 0 Å². The van der Waals surface area contributed by atoms with Crippen molar-refractivity contribution in [3.05, 3.63) is 34.3 Å². The lowest BCUT2D eigenvalue weighted by molar-refractivity contribution is 0.322. The first-order valence-electron chi connectivity index (χ1n) is 3.18. The molecule has 1 rings (SSSR count). The topological polar surface area (TPSA) is 32.6 Å². The largest absolute Gasteiger partial charge is 0.411 e. The molecular weight excluding hydrogens is 162 g/mol. The van der Waals surface area contributed by atoms with Gasteiger partial charge in [0, 0.05) is 10.6 Å². The minimum Gasteiger partial charge on any atom is -0.411 e. The Morgan fingerprint density at radius 2 is 2.27 bits per heavy atom. The molecule has 0 heterocycles. The third-order valence-corrected chi connectivity index (χ3v) is 1.79. The maximum atomic E-state index is 8.28. The fraction of sp³-hybridized carbons (Fsp3) is 0.125. The van der Waals surface area contributed by atoms with Gasteiger partial charge in [-0.1, -0.05) is 28.9 Å². The van der Waals surface area contributed by atoms with E-state index in [2.05, 4.69) is 5.16 Å². The van der Waals surface area contributed by atoms with Gasteiger partial charge in [-0.05, 0) is 18.6 Å². The highest BCUT2D eigenvalue weighted by Gasteiger charge is 1.98. The molecule has 11 heavy (non-hydrogen) atoms. The molecule has 0 aromatic heterocycles. The minimum atomic E-state index is 0.600. The summed E-state index contributed by atoms with van der Waals surface area (Å²) < 4.78 is 0. The number of aryl methyl sites for hydroxylation is 1. The third-order valence-electron chi connectivity index (χ3n) is 1.46. The van der Waals surface area contributed by atoms with E-state index in [-0.39, 0.29) is 0 Å². The van der Waals surface area contributed by atoms with E-state index in [0.29, 0.717) is 5.02 Å². The van der Waals surface area contributed by atoms with Gasteiger partial charge >= 0.3 is 0 Å². The Morgan fingerprint density at radius 3 is 2.82 bits per heavy atom. The standard InChI is InChI=1S/C8H8ClNO/c1-6-3-2-4-8(9)7(6)5-10-11/h2-5,11H,1H3/b10-5-. The van der Waals surface area contributed by atoms with Gasteiger partial charge in [-0.2, -0.15) is 0 Å². The molecule has 0 unspecified atom stereocenters. The van der Waals surface area contributed by atoms with Crippen LogP contribution in [0.1, 0.15) is 11.1 Å². The number of nitrogens with zero attached hydrogens (tertiary/aromatic N) is 1. The smallest absolute Gasteiger partial charge is 0.0751 e. The monoisotopic (exact) mass is 169 g/mol. The Morgan fingerprint density at radius 1 is 1.55 bits per heavy atom. The molecule has 1 aromatic carbocycles. The number of halogens is 1. The molecule has 0 spiro atoms. The number of benzene rings is 1. The molecule has 0 atom stereocenters. The molecule has 0 aliphatic carbocycles. The lowest BCUT2D eigenvalue weighted by Crippen LogP contribution is -1.87. The van der Waals surface area contributed by atoms with Crippen molar-refractivity contribution >= 4 is 17.8 Å². The fourth-order valence-corrected chi connectivity index (χ4v) is 1.14. The second-order valence-corrected chi connectivity index (χ2v) is 2.62. The lowest BCUT2D eigenvalue weighted by Gasteiger charge is -1.99. The van der Waals surface area contributed by atoms with Gasteiger partial charge in [0.2, 0.25) is 0 Å². The van der Waals surface area contributed by atoms with E-state index in [1.54, 1.807) is 6.07 Å². The van der Waals surface area contributed by atoms with Crippen LogP contribution < -0.4 is 0 Å². The van der Waals surface area contributed by atoms with E-state index in [1.807, 2.05) is 19.1 Å². The molecule has 0 saturated carbocycles. The Balaban J connectivity index is 3.20. The molecule has 0 aliphatic rings. The van der Waals surface area contributed by atoms with Crippen LogP contribution in [0.2, 0.25) is 5.02 Å². The van der Waals surface area contributed by atoms with Crippen LogP contribution in [-0.4, -0.2) is 11.4 Å². The molecular formula is C8H8ClNO. The number of hydrogen-bond donors (Lipinski definition) is 1. The Kier molecular flexibility index (Phi) is 2.49. The summed E-state index contributed by atoms with van der Waals surface area (Å²) in [6.07, 6.45) is 1.33. The molecule has 0 fully saturated rings. The fourth-order valence-electron chi connectivity index (χ4n) is 0.866. The molecule has 58 valence electrons. The maximum Gasteiger partial charge on any atom is 0.0751 e. The zero-order valence-corrected chi connectivity index (χ0v) is 6.84. The Labute approximate surface area is 70.1 Å². The molecule has 3 heteroatoms. The average molecular weight is 170 g/mol. The van der Waals surface area contributed by atoms with E-state index in [4.69, 9.17) is 16.8 Å². The molecule has 2 nitrogen and oxygen atoms in total. The summed E-state index contributed by atoms with van der Waals surface area (Å²) >= 11 is 5.81. The van der Waals surface area contributed by atoms with Crippen LogP contribution in [0.25, 0.3) is 0 Å². The van der Waals surface area contributed by atoms with E-state index in [9.17, 15) is 0 Å². The highest BCUT2D eigenvalue weighted by molar-refractivity contribution is 6.33. The summed E-state index contributed by atoms with van der Waals surface area (Å²) in [5.41, 5.74) is 1.76. The Hall–Kier alpha value is -1.02. The van der Waals surface area contributed by atoms with Crippen molar-refractivity contribution in [3.63, 3.8) is 0 Å².